The molecule has 2 heterocycles. The molecule has 1 fully saturated rings. The van der Waals surface area contributed by atoms with Crippen molar-refractivity contribution >= 4 is 11.3 Å². The Kier molecular flexibility index (Phi) is 2.39. The van der Waals surface area contributed by atoms with Gasteiger partial charge in [-0.1, -0.05) is 0 Å². The van der Waals surface area contributed by atoms with Crippen LogP contribution in [0.25, 0.3) is 0 Å². The Hall–Kier alpha value is -0.450. The highest BCUT2D eigenvalue weighted by atomic mass is 32.1. The summed E-state index contributed by atoms with van der Waals surface area (Å²) in [4.78, 5) is 5.22. The van der Waals surface area contributed by atoms with E-state index in [2.05, 4.69) is 10.3 Å². The Morgan fingerprint density at radius 2 is 2.67 bits per heavy atom. The average Bonchev–Trinajstić information content (AvgIpc) is 2.75. The van der Waals surface area contributed by atoms with Gasteiger partial charge in [-0.05, 0) is 19.4 Å². The van der Waals surface area contributed by atoms with E-state index in [4.69, 9.17) is 5.11 Å². The molecule has 0 radical (unpaired) electrons. The van der Waals surface area contributed by atoms with Crippen LogP contribution in [0.4, 0.5) is 0 Å². The van der Waals surface area contributed by atoms with Crippen LogP contribution < -0.4 is 5.32 Å². The lowest BCUT2D eigenvalue weighted by Gasteiger charge is -2.03. The molecule has 1 unspecified atom stereocenters. The van der Waals surface area contributed by atoms with Crippen molar-refractivity contribution < 1.29 is 5.11 Å². The molecule has 1 atom stereocenters. The van der Waals surface area contributed by atoms with Gasteiger partial charge in [-0.2, -0.15) is 0 Å². The summed E-state index contributed by atoms with van der Waals surface area (Å²) in [7, 11) is 0. The number of aliphatic hydroxyl groups is 1. The summed E-state index contributed by atoms with van der Waals surface area (Å²) in [5.74, 6) is 0. The average molecular weight is 184 g/mol. The van der Waals surface area contributed by atoms with Gasteiger partial charge in [-0.3, -0.25) is 0 Å². The van der Waals surface area contributed by atoms with E-state index >= 15 is 0 Å². The summed E-state index contributed by atoms with van der Waals surface area (Å²) in [6.07, 6.45) is 4.18. The Labute approximate surface area is 75.5 Å². The molecule has 1 aliphatic rings. The number of aliphatic hydroxyl groups excluding tert-OH is 1. The summed E-state index contributed by atoms with van der Waals surface area (Å²) in [6, 6.07) is 0.440. The maximum Gasteiger partial charge on any atom is 0.110 e. The van der Waals surface area contributed by atoms with E-state index in [0.29, 0.717) is 6.04 Å². The van der Waals surface area contributed by atoms with Gasteiger partial charge in [-0.25, -0.2) is 4.98 Å². The zero-order valence-corrected chi connectivity index (χ0v) is 7.60. The lowest BCUT2D eigenvalue weighted by Crippen LogP contribution is -2.12. The summed E-state index contributed by atoms with van der Waals surface area (Å²) in [5.41, 5.74) is 0. The second-order valence-electron chi connectivity index (χ2n) is 2.97. The largest absolute Gasteiger partial charge is 0.391 e. The third-order valence-corrected chi connectivity index (χ3v) is 3.18. The van der Waals surface area contributed by atoms with Crippen LogP contribution in [0.2, 0.25) is 0 Å². The van der Waals surface area contributed by atoms with Crippen LogP contribution in [0, 0.1) is 0 Å². The molecule has 1 saturated heterocycles. The number of rotatable bonds is 2. The molecule has 4 heteroatoms. The Morgan fingerprint density at radius 1 is 1.75 bits per heavy atom. The van der Waals surface area contributed by atoms with Gasteiger partial charge in [0.15, 0.2) is 0 Å². The van der Waals surface area contributed by atoms with Gasteiger partial charge in [0.05, 0.1) is 17.5 Å². The maximum absolute atomic E-state index is 8.84. The molecule has 66 valence electrons. The van der Waals surface area contributed by atoms with Crippen molar-refractivity contribution in [2.24, 2.45) is 0 Å². The second kappa shape index (κ2) is 3.51. The van der Waals surface area contributed by atoms with Crippen molar-refractivity contribution in [2.45, 2.75) is 25.5 Å². The van der Waals surface area contributed by atoms with Crippen LogP contribution >= 0.6 is 11.3 Å². The van der Waals surface area contributed by atoms with Gasteiger partial charge in [0.1, 0.15) is 5.01 Å². The minimum atomic E-state index is 0.115. The first-order valence-electron chi connectivity index (χ1n) is 4.19. The number of hydrogen-bond donors (Lipinski definition) is 2. The van der Waals surface area contributed by atoms with Gasteiger partial charge >= 0.3 is 0 Å². The van der Waals surface area contributed by atoms with Gasteiger partial charge < -0.3 is 10.4 Å². The standard InChI is InChI=1S/C8H12N2OS/c11-5-6-4-10-8(12-6)7-2-1-3-9-7/h4,7,9,11H,1-3,5H2. The fraction of sp³-hybridized carbons (Fsp3) is 0.625. The van der Waals surface area contributed by atoms with Gasteiger partial charge in [-0.15, -0.1) is 11.3 Å². The van der Waals surface area contributed by atoms with Crippen molar-refractivity contribution in [2.75, 3.05) is 6.54 Å². The predicted molar refractivity (Wildman–Crippen MR) is 48.0 cm³/mol. The monoisotopic (exact) mass is 184 g/mol. The zero-order chi connectivity index (χ0) is 8.39. The molecule has 12 heavy (non-hydrogen) atoms. The van der Waals surface area contributed by atoms with Crippen LogP contribution in [0.1, 0.15) is 28.8 Å². The lowest BCUT2D eigenvalue weighted by molar-refractivity contribution is 0.285. The Morgan fingerprint density at radius 3 is 3.25 bits per heavy atom. The second-order valence-corrected chi connectivity index (χ2v) is 4.12. The smallest absolute Gasteiger partial charge is 0.110 e. The minimum Gasteiger partial charge on any atom is -0.391 e. The number of hydrogen-bond acceptors (Lipinski definition) is 4. The fourth-order valence-corrected chi connectivity index (χ4v) is 2.34. The zero-order valence-electron chi connectivity index (χ0n) is 6.79. The van der Waals surface area contributed by atoms with Crippen LogP contribution in [0.15, 0.2) is 6.20 Å². The van der Waals surface area contributed by atoms with Crippen molar-refractivity contribution in [3.8, 4) is 0 Å². The van der Waals surface area contributed by atoms with E-state index in [0.717, 1.165) is 16.4 Å². The quantitative estimate of drug-likeness (QED) is 0.722. The molecule has 1 aromatic heterocycles. The SMILES string of the molecule is OCc1cnc(C2CCCN2)s1. The molecular formula is C8H12N2OS. The van der Waals surface area contributed by atoms with Crippen LogP contribution in [0.5, 0.6) is 0 Å². The number of thiazole rings is 1. The molecule has 0 aromatic carbocycles. The van der Waals surface area contributed by atoms with E-state index in [1.54, 1.807) is 17.5 Å². The summed E-state index contributed by atoms with van der Waals surface area (Å²) in [6.45, 7) is 1.21. The lowest BCUT2D eigenvalue weighted by atomic mass is 10.2. The summed E-state index contributed by atoms with van der Waals surface area (Å²) >= 11 is 1.61. The molecule has 3 nitrogen and oxygen atoms in total. The summed E-state index contributed by atoms with van der Waals surface area (Å²) < 4.78 is 0. The molecule has 0 aliphatic carbocycles. The molecule has 2 N–H and O–H groups in total. The third-order valence-electron chi connectivity index (χ3n) is 2.09. The molecule has 0 bridgehead atoms. The van der Waals surface area contributed by atoms with Crippen molar-refractivity contribution in [1.29, 1.82) is 0 Å². The van der Waals surface area contributed by atoms with Gasteiger partial charge in [0, 0.05) is 6.20 Å². The predicted octanol–water partition coefficient (Wildman–Crippen LogP) is 1.06. The number of aromatic nitrogens is 1. The summed E-state index contributed by atoms with van der Waals surface area (Å²) in [5, 5.41) is 13.3. The highest BCUT2D eigenvalue weighted by Crippen LogP contribution is 2.26. The van der Waals surface area contributed by atoms with E-state index < -0.39 is 0 Å². The Bertz CT molecular complexity index is 255. The topological polar surface area (TPSA) is 45.2 Å². The molecule has 0 saturated carbocycles. The maximum atomic E-state index is 8.84. The first kappa shape index (κ1) is 8.16. The van der Waals surface area contributed by atoms with Crippen molar-refractivity contribution in [3.63, 3.8) is 0 Å². The van der Waals surface area contributed by atoms with Gasteiger partial charge in [0.25, 0.3) is 0 Å². The molecule has 1 aliphatic heterocycles. The fourth-order valence-electron chi connectivity index (χ4n) is 1.45. The van der Waals surface area contributed by atoms with Crippen LogP contribution in [-0.4, -0.2) is 16.6 Å². The molecule has 2 rings (SSSR count). The van der Waals surface area contributed by atoms with E-state index in [1.165, 1.54) is 12.8 Å². The van der Waals surface area contributed by atoms with Crippen molar-refractivity contribution in [1.82, 2.24) is 10.3 Å². The minimum absolute atomic E-state index is 0.115. The molecule has 0 spiro atoms. The number of nitrogens with one attached hydrogen (secondary N) is 1. The van der Waals surface area contributed by atoms with Gasteiger partial charge in [0.2, 0.25) is 0 Å². The molecular weight excluding hydrogens is 172 g/mol. The number of nitrogens with zero attached hydrogens (tertiary/aromatic N) is 1. The van der Waals surface area contributed by atoms with E-state index in [1.807, 2.05) is 0 Å². The third kappa shape index (κ3) is 1.50. The first-order chi connectivity index (χ1) is 5.90. The Balaban J connectivity index is 2.11. The molecule has 0 amide bonds. The highest BCUT2D eigenvalue weighted by molar-refractivity contribution is 7.11. The normalized spacial score (nSPS) is 23.2. The first-order valence-corrected chi connectivity index (χ1v) is 5.00. The highest BCUT2D eigenvalue weighted by Gasteiger charge is 2.18. The van der Waals surface area contributed by atoms with Crippen LogP contribution in [0.3, 0.4) is 0 Å². The van der Waals surface area contributed by atoms with E-state index in [9.17, 15) is 0 Å². The van der Waals surface area contributed by atoms with Crippen molar-refractivity contribution in [3.05, 3.63) is 16.1 Å². The molecule has 1 aromatic rings. The van der Waals surface area contributed by atoms with E-state index in [-0.39, 0.29) is 6.61 Å². The van der Waals surface area contributed by atoms with Crippen LogP contribution in [-0.2, 0) is 6.61 Å².